The highest BCUT2D eigenvalue weighted by Crippen LogP contribution is 2.30. The minimum Gasteiger partial charge on any atom is -0.497 e. The Morgan fingerprint density at radius 2 is 1.69 bits per heavy atom. The van der Waals surface area contributed by atoms with Gasteiger partial charge < -0.3 is 9.30 Å². The Kier molecular flexibility index (Phi) is 4.17. The summed E-state index contributed by atoms with van der Waals surface area (Å²) in [4.78, 5) is 0. The number of rotatable bonds is 4. The van der Waals surface area contributed by atoms with Gasteiger partial charge in [0.15, 0.2) is 0 Å². The van der Waals surface area contributed by atoms with E-state index < -0.39 is 0 Å². The first-order valence-corrected chi connectivity index (χ1v) is 8.50. The number of para-hydroxylation sites is 1. The molecule has 0 N–H and O–H groups in total. The first-order chi connectivity index (χ1) is 12.8. The molecule has 0 atom stereocenters. The highest BCUT2D eigenvalue weighted by molar-refractivity contribution is 5.94. The predicted molar refractivity (Wildman–Crippen MR) is 104 cm³/mol. The molecule has 0 saturated carbocycles. The van der Waals surface area contributed by atoms with Crippen LogP contribution in [0.3, 0.4) is 0 Å². The summed E-state index contributed by atoms with van der Waals surface area (Å²) in [7, 11) is 1.68. The van der Waals surface area contributed by atoms with E-state index in [9.17, 15) is 0 Å². The summed E-state index contributed by atoms with van der Waals surface area (Å²) >= 11 is 0. The molecule has 126 valence electrons. The number of aromatic nitrogens is 1. The van der Waals surface area contributed by atoms with Crippen LogP contribution < -0.4 is 4.74 Å². The number of nitrogens with zero attached hydrogens (tertiary/aromatic N) is 2. The van der Waals surface area contributed by atoms with Gasteiger partial charge in [-0.2, -0.15) is 5.26 Å². The molecule has 0 radical (unpaired) electrons. The molecular weight excluding hydrogens is 320 g/mol. The molecule has 4 rings (SSSR count). The van der Waals surface area contributed by atoms with Crippen molar-refractivity contribution in [1.29, 1.82) is 5.26 Å². The first kappa shape index (κ1) is 16.0. The summed E-state index contributed by atoms with van der Waals surface area (Å²) in [6, 6.07) is 26.6. The van der Waals surface area contributed by atoms with Gasteiger partial charge in [-0.25, -0.2) is 0 Å². The summed E-state index contributed by atoms with van der Waals surface area (Å²) < 4.78 is 7.51. The van der Waals surface area contributed by atoms with E-state index in [4.69, 9.17) is 10.00 Å². The van der Waals surface area contributed by atoms with E-state index in [0.29, 0.717) is 5.56 Å². The lowest BCUT2D eigenvalue weighted by Crippen LogP contribution is -1.99. The standard InChI is InChI=1S/C23H18N2O/c1-26-21-11-7-18(8-12-21)16-25-14-13-20-3-2-4-22(23(20)25)19-9-5-17(15-24)6-10-19/h2-14H,16H2,1H3. The molecule has 0 spiro atoms. The van der Waals surface area contributed by atoms with Crippen molar-refractivity contribution in [2.75, 3.05) is 7.11 Å². The Labute approximate surface area is 152 Å². The minimum absolute atomic E-state index is 0.676. The molecule has 4 aromatic rings. The van der Waals surface area contributed by atoms with Crippen molar-refractivity contribution in [2.45, 2.75) is 6.54 Å². The fourth-order valence-corrected chi connectivity index (χ4v) is 3.28. The molecule has 3 nitrogen and oxygen atoms in total. The predicted octanol–water partition coefficient (Wildman–Crippen LogP) is 5.24. The second kappa shape index (κ2) is 6.78. The number of fused-ring (bicyclic) bond motifs is 1. The Morgan fingerprint density at radius 1 is 0.923 bits per heavy atom. The molecule has 0 aliphatic heterocycles. The van der Waals surface area contributed by atoms with Gasteiger partial charge in [0.05, 0.1) is 24.3 Å². The number of methoxy groups -OCH3 is 1. The lowest BCUT2D eigenvalue weighted by molar-refractivity contribution is 0.414. The maximum absolute atomic E-state index is 9.02. The summed E-state index contributed by atoms with van der Waals surface area (Å²) in [6.07, 6.45) is 2.13. The number of benzene rings is 3. The second-order valence-corrected chi connectivity index (χ2v) is 6.22. The second-order valence-electron chi connectivity index (χ2n) is 6.22. The van der Waals surface area contributed by atoms with E-state index >= 15 is 0 Å². The fraction of sp³-hybridized carbons (Fsp3) is 0.0870. The van der Waals surface area contributed by atoms with Crippen LogP contribution >= 0.6 is 0 Å². The van der Waals surface area contributed by atoms with Crippen LogP contribution in [0.4, 0.5) is 0 Å². The van der Waals surface area contributed by atoms with Gasteiger partial charge in [0, 0.05) is 23.7 Å². The topological polar surface area (TPSA) is 38.0 Å². The smallest absolute Gasteiger partial charge is 0.118 e. The third-order valence-corrected chi connectivity index (χ3v) is 4.63. The third-order valence-electron chi connectivity index (χ3n) is 4.63. The quantitative estimate of drug-likeness (QED) is 0.510. The molecule has 26 heavy (non-hydrogen) atoms. The number of ether oxygens (including phenoxy) is 1. The van der Waals surface area contributed by atoms with Crippen LogP contribution in [-0.2, 0) is 6.54 Å². The summed E-state index contributed by atoms with van der Waals surface area (Å²) in [6.45, 7) is 0.792. The normalized spacial score (nSPS) is 10.6. The Balaban J connectivity index is 1.77. The fourth-order valence-electron chi connectivity index (χ4n) is 3.28. The highest BCUT2D eigenvalue weighted by atomic mass is 16.5. The van der Waals surface area contributed by atoms with E-state index in [1.165, 1.54) is 22.0 Å². The average Bonchev–Trinajstić information content (AvgIpc) is 3.12. The van der Waals surface area contributed by atoms with Gasteiger partial charge in [-0.3, -0.25) is 0 Å². The van der Waals surface area contributed by atoms with E-state index in [1.54, 1.807) is 7.11 Å². The number of hydrogen-bond donors (Lipinski definition) is 0. The molecule has 0 saturated heterocycles. The van der Waals surface area contributed by atoms with Crippen molar-refractivity contribution in [3.63, 3.8) is 0 Å². The Bertz CT molecular complexity index is 1080. The van der Waals surface area contributed by atoms with Crippen LogP contribution in [0.25, 0.3) is 22.0 Å². The SMILES string of the molecule is COc1ccc(Cn2ccc3cccc(-c4ccc(C#N)cc4)c32)cc1. The van der Waals surface area contributed by atoms with Gasteiger partial charge in [0.2, 0.25) is 0 Å². The highest BCUT2D eigenvalue weighted by Gasteiger charge is 2.09. The van der Waals surface area contributed by atoms with Crippen LogP contribution in [-0.4, -0.2) is 11.7 Å². The molecule has 1 aromatic heterocycles. The Morgan fingerprint density at radius 3 is 2.38 bits per heavy atom. The first-order valence-electron chi connectivity index (χ1n) is 8.50. The van der Waals surface area contributed by atoms with Gasteiger partial charge in [0.25, 0.3) is 0 Å². The van der Waals surface area contributed by atoms with Crippen molar-refractivity contribution in [1.82, 2.24) is 4.57 Å². The van der Waals surface area contributed by atoms with Crippen LogP contribution in [0, 0.1) is 11.3 Å². The van der Waals surface area contributed by atoms with Crippen molar-refractivity contribution in [3.05, 3.63) is 90.1 Å². The van der Waals surface area contributed by atoms with Crippen molar-refractivity contribution in [2.24, 2.45) is 0 Å². The molecule has 0 aliphatic rings. The summed E-state index contributed by atoms with van der Waals surface area (Å²) in [5.41, 5.74) is 5.38. The molecule has 0 fully saturated rings. The van der Waals surface area contributed by atoms with Crippen molar-refractivity contribution >= 4 is 10.9 Å². The van der Waals surface area contributed by atoms with E-state index in [-0.39, 0.29) is 0 Å². The largest absolute Gasteiger partial charge is 0.497 e. The minimum atomic E-state index is 0.676. The van der Waals surface area contributed by atoms with Gasteiger partial charge >= 0.3 is 0 Å². The lowest BCUT2D eigenvalue weighted by atomic mass is 10.0. The van der Waals surface area contributed by atoms with E-state index in [0.717, 1.165) is 17.9 Å². The van der Waals surface area contributed by atoms with Crippen LogP contribution in [0.15, 0.2) is 79.0 Å². The molecular formula is C23H18N2O. The monoisotopic (exact) mass is 338 g/mol. The zero-order valence-corrected chi connectivity index (χ0v) is 14.5. The van der Waals surface area contributed by atoms with Gasteiger partial charge in [0.1, 0.15) is 5.75 Å². The average molecular weight is 338 g/mol. The summed E-state index contributed by atoms with van der Waals surface area (Å²) in [5, 5.41) is 10.2. The molecule has 3 aromatic carbocycles. The van der Waals surface area contributed by atoms with Gasteiger partial charge in [-0.1, -0.05) is 42.5 Å². The Hall–Kier alpha value is -3.51. The zero-order valence-electron chi connectivity index (χ0n) is 14.5. The molecule has 1 heterocycles. The zero-order chi connectivity index (χ0) is 17.9. The molecule has 0 amide bonds. The van der Waals surface area contributed by atoms with Gasteiger partial charge in [-0.15, -0.1) is 0 Å². The van der Waals surface area contributed by atoms with E-state index in [2.05, 4.69) is 53.2 Å². The van der Waals surface area contributed by atoms with Crippen LogP contribution in [0.5, 0.6) is 5.75 Å². The van der Waals surface area contributed by atoms with Crippen LogP contribution in [0.1, 0.15) is 11.1 Å². The van der Waals surface area contributed by atoms with E-state index in [1.807, 2.05) is 36.4 Å². The molecule has 0 bridgehead atoms. The maximum Gasteiger partial charge on any atom is 0.118 e. The van der Waals surface area contributed by atoms with Gasteiger partial charge in [-0.05, 0) is 41.5 Å². The van der Waals surface area contributed by atoms with Crippen LogP contribution in [0.2, 0.25) is 0 Å². The maximum atomic E-state index is 9.02. The summed E-state index contributed by atoms with van der Waals surface area (Å²) in [5.74, 6) is 0.865. The van der Waals surface area contributed by atoms with Crippen molar-refractivity contribution in [3.8, 4) is 22.9 Å². The molecule has 0 unspecified atom stereocenters. The molecule has 0 aliphatic carbocycles. The van der Waals surface area contributed by atoms with Crippen molar-refractivity contribution < 1.29 is 4.74 Å². The number of hydrogen-bond acceptors (Lipinski definition) is 2. The number of nitriles is 1. The molecule has 3 heteroatoms. The lowest BCUT2D eigenvalue weighted by Gasteiger charge is -2.11. The third kappa shape index (κ3) is 2.94.